The van der Waals surface area contributed by atoms with Crippen molar-refractivity contribution in [2.45, 2.75) is 110 Å². The van der Waals surface area contributed by atoms with Crippen LogP contribution >= 0.6 is 0 Å². The van der Waals surface area contributed by atoms with Crippen LogP contribution in [0.15, 0.2) is 11.6 Å². The minimum atomic E-state index is -1.04. The zero-order valence-electron chi connectivity index (χ0n) is 20.8. The Hall–Kier alpha value is -0.380. The van der Waals surface area contributed by atoms with Crippen molar-refractivity contribution in [2.24, 2.45) is 45.8 Å². The Morgan fingerprint density at radius 1 is 1.13 bits per heavy atom. The zero-order valence-corrected chi connectivity index (χ0v) is 20.8. The van der Waals surface area contributed by atoms with Gasteiger partial charge >= 0.3 is 0 Å². The Morgan fingerprint density at radius 3 is 2.52 bits per heavy atom. The third-order valence-corrected chi connectivity index (χ3v) is 11.9. The monoisotopic (exact) mass is 430 g/mol. The Labute approximate surface area is 190 Å². The molecule has 3 nitrogen and oxygen atoms in total. The lowest BCUT2D eigenvalue weighted by atomic mass is 9.45. The summed E-state index contributed by atoms with van der Waals surface area (Å²) in [5.41, 5.74) is 1.79. The van der Waals surface area contributed by atoms with E-state index in [-0.39, 0.29) is 0 Å². The van der Waals surface area contributed by atoms with Crippen molar-refractivity contribution in [3.8, 4) is 0 Å². The number of methoxy groups -OCH3 is 1. The van der Waals surface area contributed by atoms with Gasteiger partial charge in [0, 0.05) is 12.5 Å². The third-order valence-electron chi connectivity index (χ3n) is 11.9. The van der Waals surface area contributed by atoms with Crippen LogP contribution in [0, 0.1) is 45.8 Å². The summed E-state index contributed by atoms with van der Waals surface area (Å²) >= 11 is 0. The molecule has 5 rings (SSSR count). The second-order valence-corrected chi connectivity index (χ2v) is 13.3. The minimum absolute atomic E-state index is 0.377. The molecular weight excluding hydrogens is 384 g/mol. The molecule has 0 radical (unpaired) electrons. The first-order chi connectivity index (χ1) is 14.5. The van der Waals surface area contributed by atoms with Crippen LogP contribution < -0.4 is 0 Å². The summed E-state index contributed by atoms with van der Waals surface area (Å²) in [4.78, 5) is 0. The van der Waals surface area contributed by atoms with E-state index in [0.29, 0.717) is 34.7 Å². The van der Waals surface area contributed by atoms with Crippen LogP contribution in [0.3, 0.4) is 0 Å². The SMILES string of the molecule is CO[C@@H]1C[C@H]2[C@@H]3CC[C@H](/C(C)=C/C[C@@H](O)C(C)(C)O)[C@@]3(C)CC[C@@H]2[C@@]2(C)CC[C@@H]3C[C@]312. The molecule has 0 aliphatic heterocycles. The Balaban J connectivity index is 1.38. The molecule has 0 unspecified atom stereocenters. The molecule has 0 heterocycles. The molecule has 1 spiro atoms. The van der Waals surface area contributed by atoms with Gasteiger partial charge < -0.3 is 14.9 Å². The van der Waals surface area contributed by atoms with E-state index in [1.807, 2.05) is 7.11 Å². The van der Waals surface area contributed by atoms with Crippen LogP contribution in [0.4, 0.5) is 0 Å². The molecule has 5 aliphatic rings. The number of fused-ring (bicyclic) bond motifs is 4. The van der Waals surface area contributed by atoms with E-state index in [1.54, 1.807) is 13.8 Å². The van der Waals surface area contributed by atoms with Gasteiger partial charge in [-0.15, -0.1) is 0 Å². The number of rotatable bonds is 5. The molecule has 5 aliphatic carbocycles. The van der Waals surface area contributed by atoms with Gasteiger partial charge in [-0.25, -0.2) is 0 Å². The molecule has 0 aromatic carbocycles. The quantitative estimate of drug-likeness (QED) is 0.547. The average Bonchev–Trinajstić information content (AvgIpc) is 3.21. The van der Waals surface area contributed by atoms with Gasteiger partial charge in [0.1, 0.15) is 0 Å². The molecule has 5 saturated carbocycles. The van der Waals surface area contributed by atoms with Crippen molar-refractivity contribution in [1.29, 1.82) is 0 Å². The molecule has 31 heavy (non-hydrogen) atoms. The van der Waals surface area contributed by atoms with Gasteiger partial charge in [-0.2, -0.15) is 0 Å². The van der Waals surface area contributed by atoms with E-state index in [4.69, 9.17) is 4.74 Å². The lowest BCUT2D eigenvalue weighted by molar-refractivity contribution is -0.158. The van der Waals surface area contributed by atoms with Crippen LogP contribution in [0.25, 0.3) is 0 Å². The van der Waals surface area contributed by atoms with Crippen molar-refractivity contribution in [2.75, 3.05) is 7.11 Å². The molecule has 2 N–H and O–H groups in total. The summed E-state index contributed by atoms with van der Waals surface area (Å²) in [5, 5.41) is 20.4. The van der Waals surface area contributed by atoms with Crippen LogP contribution in [-0.2, 0) is 4.74 Å². The normalized spacial score (nSPS) is 52.2. The molecule has 0 amide bonds. The molecule has 0 aromatic rings. The van der Waals surface area contributed by atoms with Crippen molar-refractivity contribution in [1.82, 2.24) is 0 Å². The topological polar surface area (TPSA) is 49.7 Å². The summed E-state index contributed by atoms with van der Waals surface area (Å²) in [6.45, 7) is 10.9. The second kappa shape index (κ2) is 7.06. The summed E-state index contributed by atoms with van der Waals surface area (Å²) < 4.78 is 6.25. The van der Waals surface area contributed by atoms with Gasteiger partial charge in [-0.05, 0) is 119 Å². The highest BCUT2D eigenvalue weighted by molar-refractivity contribution is 5.27. The first kappa shape index (κ1) is 22.4. The molecule has 5 fully saturated rings. The Kier molecular flexibility index (Phi) is 5.10. The van der Waals surface area contributed by atoms with Crippen molar-refractivity contribution >= 4 is 0 Å². The highest BCUT2D eigenvalue weighted by Crippen LogP contribution is 2.82. The molecule has 3 heteroatoms. The van der Waals surface area contributed by atoms with Crippen LogP contribution in [-0.4, -0.2) is 35.1 Å². The standard InChI is InChI=1S/C28H46O3/c1-17(7-10-23(29)25(2,3)30)20-8-9-21-19-15-24(31-6)28-16-18(28)11-14-27(28,5)22(19)12-13-26(20,21)4/h7,18-24,29-30H,8-16H2,1-6H3/b17-7+/t18-,19+,20-,21+,22+,23-,24-,26-,27-,28+/m1/s1. The highest BCUT2D eigenvalue weighted by atomic mass is 16.5. The Bertz CT molecular complexity index is 752. The second-order valence-electron chi connectivity index (χ2n) is 13.3. The molecule has 0 bridgehead atoms. The number of aliphatic hydroxyl groups is 2. The molecule has 176 valence electrons. The number of aliphatic hydroxyl groups excluding tert-OH is 1. The summed E-state index contributed by atoms with van der Waals surface area (Å²) in [7, 11) is 1.98. The predicted octanol–water partition coefficient (Wildman–Crippen LogP) is 5.74. The predicted molar refractivity (Wildman–Crippen MR) is 125 cm³/mol. The number of hydrogen-bond acceptors (Lipinski definition) is 3. The van der Waals surface area contributed by atoms with Crippen molar-refractivity contribution in [3.63, 3.8) is 0 Å². The number of ether oxygens (including phenoxy) is 1. The molecule has 0 saturated heterocycles. The van der Waals surface area contributed by atoms with E-state index in [1.165, 1.54) is 56.9 Å². The lowest BCUT2D eigenvalue weighted by Gasteiger charge is -2.60. The smallest absolute Gasteiger partial charge is 0.0856 e. The molecule has 10 atom stereocenters. The minimum Gasteiger partial charge on any atom is -0.390 e. The maximum Gasteiger partial charge on any atom is 0.0856 e. The van der Waals surface area contributed by atoms with Crippen LogP contribution in [0.5, 0.6) is 0 Å². The average molecular weight is 431 g/mol. The largest absolute Gasteiger partial charge is 0.390 e. The first-order valence-electron chi connectivity index (χ1n) is 13.1. The van der Waals surface area contributed by atoms with Gasteiger partial charge in [0.15, 0.2) is 0 Å². The fraction of sp³-hybridized carbons (Fsp3) is 0.929. The van der Waals surface area contributed by atoms with E-state index in [9.17, 15) is 10.2 Å². The summed E-state index contributed by atoms with van der Waals surface area (Å²) in [5.74, 6) is 4.08. The molecular formula is C28H46O3. The maximum atomic E-state index is 10.3. The van der Waals surface area contributed by atoms with E-state index >= 15 is 0 Å². The van der Waals surface area contributed by atoms with E-state index in [0.717, 1.165) is 23.7 Å². The first-order valence-corrected chi connectivity index (χ1v) is 13.1. The maximum absolute atomic E-state index is 10.3. The van der Waals surface area contributed by atoms with Gasteiger partial charge in [-0.3, -0.25) is 0 Å². The van der Waals surface area contributed by atoms with Crippen molar-refractivity contribution in [3.05, 3.63) is 11.6 Å². The van der Waals surface area contributed by atoms with Crippen molar-refractivity contribution < 1.29 is 14.9 Å². The van der Waals surface area contributed by atoms with Gasteiger partial charge in [0.25, 0.3) is 0 Å². The third kappa shape index (κ3) is 2.94. The fourth-order valence-electron chi connectivity index (χ4n) is 10.1. The summed E-state index contributed by atoms with van der Waals surface area (Å²) in [6.07, 6.45) is 13.5. The van der Waals surface area contributed by atoms with Crippen LogP contribution in [0.2, 0.25) is 0 Å². The number of hydrogen-bond donors (Lipinski definition) is 2. The van der Waals surface area contributed by atoms with E-state index < -0.39 is 11.7 Å². The van der Waals surface area contributed by atoms with E-state index in [2.05, 4.69) is 26.8 Å². The zero-order chi connectivity index (χ0) is 22.4. The van der Waals surface area contributed by atoms with Gasteiger partial charge in [-0.1, -0.05) is 25.5 Å². The Morgan fingerprint density at radius 2 is 1.87 bits per heavy atom. The highest BCUT2D eigenvalue weighted by Gasteiger charge is 2.77. The molecule has 0 aromatic heterocycles. The number of allylic oxidation sites excluding steroid dienone is 1. The summed E-state index contributed by atoms with van der Waals surface area (Å²) in [6, 6.07) is 0. The lowest BCUT2D eigenvalue weighted by Crippen LogP contribution is -2.56. The van der Waals surface area contributed by atoms with Gasteiger partial charge in [0.05, 0.1) is 17.8 Å². The van der Waals surface area contributed by atoms with Crippen LogP contribution in [0.1, 0.15) is 92.4 Å². The fourth-order valence-corrected chi connectivity index (χ4v) is 10.1. The van der Waals surface area contributed by atoms with Gasteiger partial charge in [0.2, 0.25) is 0 Å².